The number of pyridine rings is 1. The van der Waals surface area contributed by atoms with Crippen LogP contribution in [0.5, 0.6) is 0 Å². The normalized spacial score (nSPS) is 32.3. The third kappa shape index (κ3) is 4.13. The Labute approximate surface area is 143 Å². The monoisotopic (exact) mass is 335 g/mol. The highest BCUT2D eigenvalue weighted by Gasteiger charge is 2.46. The minimum atomic E-state index is -0.634. The van der Waals surface area contributed by atoms with Gasteiger partial charge in [0.25, 0.3) is 0 Å². The summed E-state index contributed by atoms with van der Waals surface area (Å²) in [5.41, 5.74) is 0.984. The van der Waals surface area contributed by atoms with Crippen molar-refractivity contribution in [1.29, 1.82) is 0 Å². The van der Waals surface area contributed by atoms with Crippen molar-refractivity contribution < 1.29 is 14.9 Å². The van der Waals surface area contributed by atoms with Gasteiger partial charge in [-0.05, 0) is 44.0 Å². The molecule has 0 saturated carbocycles. The van der Waals surface area contributed by atoms with Gasteiger partial charge in [-0.15, -0.1) is 0 Å². The van der Waals surface area contributed by atoms with E-state index < -0.39 is 12.2 Å². The molecule has 3 N–H and O–H groups in total. The molecule has 4 unspecified atom stereocenters. The number of hydrogen-bond donors (Lipinski definition) is 3. The predicted molar refractivity (Wildman–Crippen MR) is 91.5 cm³/mol. The summed E-state index contributed by atoms with van der Waals surface area (Å²) in [4.78, 5) is 6.64. The van der Waals surface area contributed by atoms with Crippen molar-refractivity contribution in [1.82, 2.24) is 15.2 Å². The molecule has 4 atom stereocenters. The molecule has 6 nitrogen and oxygen atoms in total. The number of nitrogens with zero attached hydrogens (tertiary/aromatic N) is 2. The van der Waals surface area contributed by atoms with Crippen LogP contribution in [0.15, 0.2) is 24.4 Å². The zero-order valence-corrected chi connectivity index (χ0v) is 14.3. The Bertz CT molecular complexity index is 494. The van der Waals surface area contributed by atoms with Crippen LogP contribution in [0.2, 0.25) is 0 Å². The summed E-state index contributed by atoms with van der Waals surface area (Å²) in [5, 5.41) is 23.4. The molecule has 2 aliphatic heterocycles. The summed E-state index contributed by atoms with van der Waals surface area (Å²) >= 11 is 0. The molecule has 0 aromatic carbocycles. The van der Waals surface area contributed by atoms with Crippen molar-refractivity contribution in [3.8, 4) is 0 Å². The van der Waals surface area contributed by atoms with Crippen LogP contribution in [0, 0.1) is 5.92 Å². The lowest BCUT2D eigenvalue weighted by Gasteiger charge is -2.38. The van der Waals surface area contributed by atoms with E-state index in [-0.39, 0.29) is 18.8 Å². The Morgan fingerprint density at radius 3 is 2.75 bits per heavy atom. The van der Waals surface area contributed by atoms with Crippen LogP contribution in [0.1, 0.15) is 25.5 Å². The number of piperidine rings is 1. The van der Waals surface area contributed by atoms with E-state index in [1.165, 1.54) is 0 Å². The van der Waals surface area contributed by atoms with E-state index in [4.69, 9.17) is 4.74 Å². The first kappa shape index (κ1) is 17.8. The van der Waals surface area contributed by atoms with Crippen LogP contribution in [-0.4, -0.2) is 70.7 Å². The quantitative estimate of drug-likeness (QED) is 0.698. The maximum Gasteiger partial charge on any atom is 0.109 e. The first-order valence-corrected chi connectivity index (χ1v) is 8.98. The smallest absolute Gasteiger partial charge is 0.109 e. The SMILES string of the molecule is CC1CCN(C2C(CNCc3ccccn3)OC(CO)C2O)CC1. The molecule has 3 rings (SSSR count). The van der Waals surface area contributed by atoms with Crippen LogP contribution >= 0.6 is 0 Å². The molecule has 2 saturated heterocycles. The van der Waals surface area contributed by atoms with E-state index >= 15 is 0 Å². The lowest BCUT2D eigenvalue weighted by atomic mass is 9.94. The van der Waals surface area contributed by atoms with Gasteiger partial charge >= 0.3 is 0 Å². The fraction of sp³-hybridized carbons (Fsp3) is 0.722. The van der Waals surface area contributed by atoms with E-state index in [2.05, 4.69) is 22.1 Å². The van der Waals surface area contributed by atoms with Gasteiger partial charge in [-0.3, -0.25) is 9.88 Å². The van der Waals surface area contributed by atoms with Crippen molar-refractivity contribution in [3.63, 3.8) is 0 Å². The molecule has 0 radical (unpaired) electrons. The Morgan fingerprint density at radius 1 is 1.29 bits per heavy atom. The summed E-state index contributed by atoms with van der Waals surface area (Å²) in [6.45, 7) is 5.42. The molecule has 2 fully saturated rings. The largest absolute Gasteiger partial charge is 0.394 e. The van der Waals surface area contributed by atoms with Crippen molar-refractivity contribution in [2.24, 2.45) is 5.92 Å². The van der Waals surface area contributed by atoms with E-state index in [0.29, 0.717) is 13.1 Å². The highest BCUT2D eigenvalue weighted by atomic mass is 16.5. The lowest BCUT2D eigenvalue weighted by Crippen LogP contribution is -2.53. The molecule has 1 aromatic heterocycles. The van der Waals surface area contributed by atoms with Crippen LogP contribution in [0.4, 0.5) is 0 Å². The Kier molecular flexibility index (Phi) is 6.19. The molecule has 1 aromatic rings. The Morgan fingerprint density at radius 2 is 2.08 bits per heavy atom. The van der Waals surface area contributed by atoms with Gasteiger partial charge in [0.1, 0.15) is 12.2 Å². The fourth-order valence-electron chi connectivity index (χ4n) is 3.77. The zero-order chi connectivity index (χ0) is 16.9. The van der Waals surface area contributed by atoms with Crippen LogP contribution < -0.4 is 5.32 Å². The molecule has 0 aliphatic carbocycles. The van der Waals surface area contributed by atoms with Gasteiger partial charge in [-0.1, -0.05) is 13.0 Å². The van der Waals surface area contributed by atoms with Gasteiger partial charge < -0.3 is 20.3 Å². The first-order valence-electron chi connectivity index (χ1n) is 8.98. The number of rotatable bonds is 6. The summed E-state index contributed by atoms with van der Waals surface area (Å²) < 4.78 is 5.93. The topological polar surface area (TPSA) is 77.9 Å². The summed E-state index contributed by atoms with van der Waals surface area (Å²) in [6, 6.07) is 5.81. The van der Waals surface area contributed by atoms with Crippen LogP contribution in [-0.2, 0) is 11.3 Å². The van der Waals surface area contributed by atoms with Gasteiger partial charge in [0.2, 0.25) is 0 Å². The number of likely N-dealkylation sites (tertiary alicyclic amines) is 1. The van der Waals surface area contributed by atoms with Crippen molar-refractivity contribution in [2.75, 3.05) is 26.2 Å². The van der Waals surface area contributed by atoms with Crippen LogP contribution in [0.25, 0.3) is 0 Å². The van der Waals surface area contributed by atoms with Crippen molar-refractivity contribution in [2.45, 2.75) is 50.7 Å². The second-order valence-corrected chi connectivity index (χ2v) is 7.05. The van der Waals surface area contributed by atoms with E-state index in [1.807, 2.05) is 18.2 Å². The first-order chi connectivity index (χ1) is 11.7. The Balaban J connectivity index is 1.58. The van der Waals surface area contributed by atoms with Crippen molar-refractivity contribution in [3.05, 3.63) is 30.1 Å². The maximum atomic E-state index is 10.6. The van der Waals surface area contributed by atoms with Gasteiger partial charge in [0.05, 0.1) is 24.4 Å². The summed E-state index contributed by atoms with van der Waals surface area (Å²) in [5.74, 6) is 0.745. The molecular weight excluding hydrogens is 306 g/mol. The highest BCUT2D eigenvalue weighted by molar-refractivity contribution is 5.04. The molecular formula is C18H29N3O3. The summed E-state index contributed by atoms with van der Waals surface area (Å²) in [6.07, 6.45) is 2.85. The van der Waals surface area contributed by atoms with E-state index in [9.17, 15) is 10.2 Å². The van der Waals surface area contributed by atoms with Crippen molar-refractivity contribution >= 4 is 0 Å². The average Bonchev–Trinajstić information content (AvgIpc) is 2.92. The average molecular weight is 335 g/mol. The molecule has 134 valence electrons. The van der Waals surface area contributed by atoms with Crippen LogP contribution in [0.3, 0.4) is 0 Å². The van der Waals surface area contributed by atoms with E-state index in [0.717, 1.165) is 37.5 Å². The fourth-order valence-corrected chi connectivity index (χ4v) is 3.77. The zero-order valence-electron chi connectivity index (χ0n) is 14.3. The molecule has 2 aliphatic rings. The minimum absolute atomic E-state index is 0.0501. The minimum Gasteiger partial charge on any atom is -0.394 e. The molecule has 6 heteroatoms. The molecule has 24 heavy (non-hydrogen) atoms. The van der Waals surface area contributed by atoms with Gasteiger partial charge in [-0.2, -0.15) is 0 Å². The van der Waals surface area contributed by atoms with Gasteiger partial charge in [0.15, 0.2) is 0 Å². The number of ether oxygens (including phenoxy) is 1. The maximum absolute atomic E-state index is 10.6. The predicted octanol–water partition coefficient (Wildman–Crippen LogP) is 0.392. The number of hydrogen-bond acceptors (Lipinski definition) is 6. The molecule has 0 spiro atoms. The lowest BCUT2D eigenvalue weighted by molar-refractivity contribution is -0.0213. The standard InChI is InChI=1S/C18H29N3O3/c1-13-5-8-21(9-6-13)17-15(24-16(12-22)18(17)23)11-19-10-14-4-2-3-7-20-14/h2-4,7,13,15-19,22-23H,5-6,8-12H2,1H3. The third-order valence-corrected chi connectivity index (χ3v) is 5.26. The summed E-state index contributed by atoms with van der Waals surface area (Å²) in [7, 11) is 0. The second-order valence-electron chi connectivity index (χ2n) is 7.05. The number of aliphatic hydroxyl groups excluding tert-OH is 2. The number of aliphatic hydroxyl groups is 2. The molecule has 0 bridgehead atoms. The highest BCUT2D eigenvalue weighted by Crippen LogP contribution is 2.29. The second kappa shape index (κ2) is 8.36. The Hall–Kier alpha value is -1.05. The molecule has 0 amide bonds. The van der Waals surface area contributed by atoms with E-state index in [1.54, 1.807) is 6.20 Å². The van der Waals surface area contributed by atoms with Gasteiger partial charge in [0, 0.05) is 19.3 Å². The number of nitrogens with one attached hydrogen (secondary N) is 1. The van der Waals surface area contributed by atoms with Gasteiger partial charge in [-0.25, -0.2) is 0 Å². The molecule has 3 heterocycles. The number of aromatic nitrogens is 1. The third-order valence-electron chi connectivity index (χ3n) is 5.26.